The van der Waals surface area contributed by atoms with Crippen LogP contribution in [-0.4, -0.2) is 86.5 Å². The van der Waals surface area contributed by atoms with Gasteiger partial charge in [-0.3, -0.25) is 18.9 Å². The molecule has 10 nitrogen and oxygen atoms in total. The highest BCUT2D eigenvalue weighted by Crippen LogP contribution is 2.44. The van der Waals surface area contributed by atoms with Gasteiger partial charge in [-0.25, -0.2) is 4.39 Å². The van der Waals surface area contributed by atoms with Crippen LogP contribution in [-0.2, 0) is 20.3 Å². The van der Waals surface area contributed by atoms with Crippen molar-refractivity contribution in [2.75, 3.05) is 26.7 Å². The molecule has 4 aliphatic rings. The second-order valence-corrected chi connectivity index (χ2v) is 16.3. The van der Waals surface area contributed by atoms with Crippen LogP contribution in [0.3, 0.4) is 0 Å². The molecular weight excluding hydrogens is 618 g/mol. The first kappa shape index (κ1) is 31.9. The Morgan fingerprint density at radius 2 is 1.93 bits per heavy atom. The molecule has 1 aromatic heterocycles. The fourth-order valence-electron chi connectivity index (χ4n) is 7.54. The van der Waals surface area contributed by atoms with Gasteiger partial charge in [-0.05, 0) is 85.7 Å². The maximum absolute atomic E-state index is 14.5. The molecule has 2 aromatic rings. The highest BCUT2D eigenvalue weighted by atomic mass is 32.1. The van der Waals surface area contributed by atoms with E-state index in [9.17, 15) is 33.1 Å². The third-order valence-corrected chi connectivity index (χ3v) is 11.7. The van der Waals surface area contributed by atoms with Crippen LogP contribution in [0.1, 0.15) is 61.2 Å². The second-order valence-electron chi connectivity index (χ2n) is 13.5. The van der Waals surface area contributed by atoms with Gasteiger partial charge < -0.3 is 29.8 Å². The Hall–Kier alpha value is -3.05. The number of benzene rings is 1. The largest absolute Gasteiger partial charge is 0.376 e. The van der Waals surface area contributed by atoms with Gasteiger partial charge in [0, 0.05) is 49.0 Å². The molecule has 0 spiro atoms. The lowest BCUT2D eigenvalue weighted by Crippen LogP contribution is -2.63. The first-order valence-corrected chi connectivity index (χ1v) is 18.1. The van der Waals surface area contributed by atoms with Gasteiger partial charge in [-0.15, -0.1) is 11.3 Å². The fourth-order valence-corrected chi connectivity index (χ4v) is 9.16. The quantitative estimate of drug-likeness (QED) is 0.393. The molecule has 13 heteroatoms. The van der Waals surface area contributed by atoms with Gasteiger partial charge in [0.05, 0.1) is 11.0 Å². The SMILES string of the molecule is C[C@H]1CC[C@H](NC(=O)c2cc3cc(CP(=O)(O)O)ccc3s2)C(=O)N2[C@H](C(=O)N3CC(C4=C(F)C=CN(C)C4)C3)CC[C@]2(C)C1. The Labute approximate surface area is 266 Å². The molecule has 3 fully saturated rings. The number of amides is 3. The van der Waals surface area contributed by atoms with Crippen LogP contribution in [0, 0.1) is 11.8 Å². The van der Waals surface area contributed by atoms with Crippen molar-refractivity contribution in [2.24, 2.45) is 11.8 Å². The van der Waals surface area contributed by atoms with Gasteiger partial charge in [-0.2, -0.15) is 0 Å². The summed E-state index contributed by atoms with van der Waals surface area (Å²) in [4.78, 5) is 66.1. The molecule has 3 saturated heterocycles. The van der Waals surface area contributed by atoms with Gasteiger partial charge in [-0.1, -0.05) is 13.0 Å². The molecule has 0 aliphatic carbocycles. The minimum Gasteiger partial charge on any atom is -0.376 e. The summed E-state index contributed by atoms with van der Waals surface area (Å²) in [6.07, 6.45) is 6.01. The number of rotatable bonds is 6. The number of hydrogen-bond donors (Lipinski definition) is 3. The molecule has 4 aliphatic heterocycles. The van der Waals surface area contributed by atoms with Crippen molar-refractivity contribution >= 4 is 46.7 Å². The molecule has 0 bridgehead atoms. The zero-order valence-corrected chi connectivity index (χ0v) is 27.5. The van der Waals surface area contributed by atoms with E-state index in [0.717, 1.165) is 17.5 Å². The van der Waals surface area contributed by atoms with Gasteiger partial charge in [0.15, 0.2) is 0 Å². The molecule has 4 atom stereocenters. The van der Waals surface area contributed by atoms with E-state index in [-0.39, 0.29) is 35.6 Å². The number of hydrogen-bond acceptors (Lipinski definition) is 6. The standard InChI is InChI=1S/C32H40FN4O6PS/c1-19-4-6-25(34-29(38)28-13-21-12-20(18-44(41,42)43)5-7-27(21)45-28)30(39)37-26(8-10-32(37,2)14-19)31(40)36-15-22(16-36)23-17-35(3)11-9-24(23)33/h5,7,9,11-13,19,22,25-26H,4,6,8,10,14-18H2,1-3H3,(H,34,38)(H2,41,42,43)/t19-,25-,26-,32+/m0/s1. The highest BCUT2D eigenvalue weighted by Gasteiger charge is 2.53. The Kier molecular flexibility index (Phi) is 8.48. The summed E-state index contributed by atoms with van der Waals surface area (Å²) < 4.78 is 26.8. The number of nitrogens with zero attached hydrogens (tertiary/aromatic N) is 3. The van der Waals surface area contributed by atoms with Crippen LogP contribution in [0.4, 0.5) is 4.39 Å². The molecule has 0 unspecified atom stereocenters. The monoisotopic (exact) mass is 658 g/mol. The molecule has 45 heavy (non-hydrogen) atoms. The summed E-state index contributed by atoms with van der Waals surface area (Å²) in [5, 5.41) is 3.66. The van der Waals surface area contributed by atoms with Crippen molar-refractivity contribution in [1.82, 2.24) is 20.0 Å². The van der Waals surface area contributed by atoms with Crippen LogP contribution in [0.2, 0.25) is 0 Å². The number of carbonyl (C=O) groups is 3. The van der Waals surface area contributed by atoms with E-state index in [2.05, 4.69) is 12.2 Å². The first-order chi connectivity index (χ1) is 21.2. The van der Waals surface area contributed by atoms with Crippen molar-refractivity contribution in [2.45, 2.75) is 69.7 Å². The third-order valence-electron chi connectivity index (χ3n) is 9.79. The van der Waals surface area contributed by atoms with E-state index in [1.807, 2.05) is 18.9 Å². The van der Waals surface area contributed by atoms with Crippen molar-refractivity contribution < 1.29 is 33.1 Å². The lowest BCUT2D eigenvalue weighted by atomic mass is 9.82. The third kappa shape index (κ3) is 6.48. The smallest absolute Gasteiger partial charge is 0.329 e. The maximum atomic E-state index is 14.5. The number of thiophene rings is 1. The fraction of sp³-hybridized carbons (Fsp3) is 0.531. The van der Waals surface area contributed by atoms with E-state index >= 15 is 0 Å². The number of carbonyl (C=O) groups excluding carboxylic acids is 3. The Morgan fingerprint density at radius 1 is 1.18 bits per heavy atom. The molecule has 3 amide bonds. The van der Waals surface area contributed by atoms with E-state index in [1.54, 1.807) is 40.3 Å². The van der Waals surface area contributed by atoms with Gasteiger partial charge in [0.25, 0.3) is 5.91 Å². The lowest BCUT2D eigenvalue weighted by molar-refractivity contribution is -0.153. The van der Waals surface area contributed by atoms with Crippen LogP contribution >= 0.6 is 18.9 Å². The average molecular weight is 659 g/mol. The maximum Gasteiger partial charge on any atom is 0.329 e. The van der Waals surface area contributed by atoms with Crippen molar-refractivity contribution in [1.29, 1.82) is 0 Å². The summed E-state index contributed by atoms with van der Waals surface area (Å²) in [5.41, 5.74) is 0.675. The average Bonchev–Trinajstić information content (AvgIpc) is 3.50. The second kappa shape index (κ2) is 12.0. The van der Waals surface area contributed by atoms with Crippen molar-refractivity contribution in [3.05, 3.63) is 58.4 Å². The predicted octanol–water partition coefficient (Wildman–Crippen LogP) is 4.39. The number of likely N-dealkylation sites (tertiary alicyclic amines) is 1. The van der Waals surface area contributed by atoms with Crippen LogP contribution in [0.5, 0.6) is 0 Å². The molecule has 0 radical (unpaired) electrons. The normalized spacial score (nSPS) is 27.8. The topological polar surface area (TPSA) is 130 Å². The molecular formula is C32H40FN4O6PS. The number of nitrogens with one attached hydrogen (secondary N) is 1. The van der Waals surface area contributed by atoms with E-state index in [1.165, 1.54) is 17.4 Å². The molecule has 1 aromatic carbocycles. The molecule has 242 valence electrons. The summed E-state index contributed by atoms with van der Waals surface area (Å²) in [5.74, 6) is -0.740. The first-order valence-electron chi connectivity index (χ1n) is 15.5. The highest BCUT2D eigenvalue weighted by molar-refractivity contribution is 7.50. The Balaban J connectivity index is 1.18. The molecule has 5 heterocycles. The summed E-state index contributed by atoms with van der Waals surface area (Å²) in [6, 6.07) is 5.31. The van der Waals surface area contributed by atoms with Crippen molar-refractivity contribution in [3.8, 4) is 0 Å². The Morgan fingerprint density at radius 3 is 2.67 bits per heavy atom. The minimum absolute atomic E-state index is 0.0431. The minimum atomic E-state index is -4.23. The van der Waals surface area contributed by atoms with Crippen LogP contribution in [0.25, 0.3) is 10.1 Å². The summed E-state index contributed by atoms with van der Waals surface area (Å²) in [6.45, 7) is 5.54. The van der Waals surface area contributed by atoms with E-state index in [0.29, 0.717) is 60.3 Å². The number of allylic oxidation sites excluding steroid dienone is 2. The van der Waals surface area contributed by atoms with Gasteiger partial charge in [0.1, 0.15) is 17.9 Å². The van der Waals surface area contributed by atoms with Crippen LogP contribution < -0.4 is 5.32 Å². The van der Waals surface area contributed by atoms with Gasteiger partial charge >= 0.3 is 7.60 Å². The molecule has 3 N–H and O–H groups in total. The zero-order valence-electron chi connectivity index (χ0n) is 25.7. The van der Waals surface area contributed by atoms with Gasteiger partial charge in [0.2, 0.25) is 11.8 Å². The zero-order chi connectivity index (χ0) is 32.3. The van der Waals surface area contributed by atoms with E-state index in [4.69, 9.17) is 0 Å². The lowest BCUT2D eigenvalue weighted by Gasteiger charge is -2.47. The Bertz CT molecular complexity index is 1650. The number of halogens is 1. The van der Waals surface area contributed by atoms with E-state index < -0.39 is 31.1 Å². The van der Waals surface area contributed by atoms with Crippen molar-refractivity contribution in [3.63, 3.8) is 0 Å². The summed E-state index contributed by atoms with van der Waals surface area (Å²) >= 11 is 1.25. The van der Waals surface area contributed by atoms with Crippen LogP contribution in [0.15, 0.2) is 47.9 Å². The predicted molar refractivity (Wildman–Crippen MR) is 170 cm³/mol. The number of fused-ring (bicyclic) bond motifs is 2. The molecule has 6 rings (SSSR count). The molecule has 0 saturated carbocycles. The summed E-state index contributed by atoms with van der Waals surface area (Å²) in [7, 11) is -2.35. The number of likely N-dealkylation sites (N-methyl/N-ethyl adjacent to an activating group) is 1.